The lowest BCUT2D eigenvalue weighted by Gasteiger charge is -2.03. The average Bonchev–Trinajstić information content (AvgIpc) is 2.43. The van der Waals surface area contributed by atoms with Crippen LogP contribution in [-0.4, -0.2) is 21.3 Å². The number of aromatic nitrogens is 2. The smallest absolute Gasteiger partial charge is 0.303 e. The van der Waals surface area contributed by atoms with E-state index in [2.05, 4.69) is 10.2 Å². The van der Waals surface area contributed by atoms with E-state index in [0.717, 1.165) is 5.69 Å². The first-order chi connectivity index (χ1) is 6.52. The molecule has 0 atom stereocenters. The lowest BCUT2D eigenvalue weighted by Crippen LogP contribution is -2.10. The quantitative estimate of drug-likeness (QED) is 0.670. The molecule has 0 unspecified atom stereocenters. The van der Waals surface area contributed by atoms with Gasteiger partial charge in [-0.1, -0.05) is 13.8 Å². The van der Waals surface area contributed by atoms with Crippen molar-refractivity contribution < 1.29 is 9.90 Å². The van der Waals surface area contributed by atoms with Gasteiger partial charge in [0, 0.05) is 17.7 Å². The van der Waals surface area contributed by atoms with Gasteiger partial charge in [-0.25, -0.2) is 0 Å². The van der Waals surface area contributed by atoms with Crippen molar-refractivity contribution in [3.05, 3.63) is 21.6 Å². The molecule has 0 bridgehead atoms. The number of H-pyrrole nitrogens is 2. The Labute approximate surface area is 81.1 Å². The number of carboxylic acids is 1. The monoisotopic (exact) mass is 198 g/mol. The zero-order valence-electron chi connectivity index (χ0n) is 8.26. The first-order valence-corrected chi connectivity index (χ1v) is 4.53. The molecule has 3 N–H and O–H groups in total. The van der Waals surface area contributed by atoms with Crippen LogP contribution in [0.5, 0.6) is 0 Å². The van der Waals surface area contributed by atoms with E-state index in [9.17, 15) is 9.59 Å². The van der Waals surface area contributed by atoms with Crippen LogP contribution >= 0.6 is 0 Å². The summed E-state index contributed by atoms with van der Waals surface area (Å²) in [6.45, 7) is 3.90. The summed E-state index contributed by atoms with van der Waals surface area (Å²) in [6.07, 6.45) is 0.266. The predicted octanol–water partition coefficient (Wildman–Crippen LogP) is 0.844. The molecule has 0 saturated carbocycles. The maximum atomic E-state index is 11.3. The lowest BCUT2D eigenvalue weighted by molar-refractivity contribution is -0.136. The predicted molar refractivity (Wildman–Crippen MR) is 51.5 cm³/mol. The van der Waals surface area contributed by atoms with Gasteiger partial charge in [0.05, 0.1) is 0 Å². The van der Waals surface area contributed by atoms with Crippen molar-refractivity contribution in [2.24, 2.45) is 0 Å². The number of aromatic amines is 2. The SMILES string of the molecule is CC(C)c1[nH][nH]c(=O)c1CCC(=O)O. The summed E-state index contributed by atoms with van der Waals surface area (Å²) in [7, 11) is 0. The molecule has 0 amide bonds. The van der Waals surface area contributed by atoms with E-state index in [1.807, 2.05) is 13.8 Å². The highest BCUT2D eigenvalue weighted by atomic mass is 16.4. The number of carbonyl (C=O) groups is 1. The summed E-state index contributed by atoms with van der Waals surface area (Å²) in [6, 6.07) is 0. The number of nitrogens with one attached hydrogen (secondary N) is 2. The van der Waals surface area contributed by atoms with Gasteiger partial charge in [0.2, 0.25) is 0 Å². The van der Waals surface area contributed by atoms with Crippen LogP contribution in [0.2, 0.25) is 0 Å². The highest BCUT2D eigenvalue weighted by Crippen LogP contribution is 2.14. The zero-order chi connectivity index (χ0) is 10.7. The highest BCUT2D eigenvalue weighted by molar-refractivity contribution is 5.67. The van der Waals surface area contributed by atoms with Crippen LogP contribution in [0.25, 0.3) is 0 Å². The normalized spacial score (nSPS) is 10.8. The molecule has 1 heterocycles. The molecule has 0 radical (unpaired) electrons. The number of hydrogen-bond acceptors (Lipinski definition) is 2. The first kappa shape index (κ1) is 10.6. The molecule has 0 aliphatic rings. The fourth-order valence-corrected chi connectivity index (χ4v) is 1.37. The van der Waals surface area contributed by atoms with E-state index in [-0.39, 0.29) is 24.3 Å². The van der Waals surface area contributed by atoms with E-state index in [1.165, 1.54) is 0 Å². The maximum absolute atomic E-state index is 11.3. The molecule has 1 rings (SSSR count). The molecule has 1 aromatic heterocycles. The van der Waals surface area contributed by atoms with Crippen molar-refractivity contribution >= 4 is 5.97 Å². The minimum absolute atomic E-state index is 0.0132. The minimum Gasteiger partial charge on any atom is -0.481 e. The highest BCUT2D eigenvalue weighted by Gasteiger charge is 2.13. The summed E-state index contributed by atoms with van der Waals surface area (Å²) < 4.78 is 0. The van der Waals surface area contributed by atoms with Gasteiger partial charge in [-0.15, -0.1) is 0 Å². The third-order valence-corrected chi connectivity index (χ3v) is 2.08. The molecule has 0 aliphatic carbocycles. The Bertz CT molecular complexity index is 376. The molecule has 78 valence electrons. The van der Waals surface area contributed by atoms with Crippen LogP contribution in [0, 0.1) is 0 Å². The van der Waals surface area contributed by atoms with Crippen molar-refractivity contribution in [3.8, 4) is 0 Å². The molecule has 5 heteroatoms. The van der Waals surface area contributed by atoms with Crippen LogP contribution in [-0.2, 0) is 11.2 Å². The van der Waals surface area contributed by atoms with Crippen LogP contribution in [0.4, 0.5) is 0 Å². The Hall–Kier alpha value is -1.52. The van der Waals surface area contributed by atoms with E-state index >= 15 is 0 Å². The molecule has 0 aromatic carbocycles. The zero-order valence-corrected chi connectivity index (χ0v) is 8.26. The van der Waals surface area contributed by atoms with E-state index < -0.39 is 5.97 Å². The standard InChI is InChI=1S/C9H14N2O3/c1-5(2)8-6(3-4-7(12)13)9(14)11-10-8/h5H,3-4H2,1-2H3,(H,12,13)(H2,10,11,14). The van der Waals surface area contributed by atoms with Crippen LogP contribution in [0.1, 0.15) is 37.4 Å². The van der Waals surface area contributed by atoms with Crippen LogP contribution in [0.15, 0.2) is 4.79 Å². The van der Waals surface area contributed by atoms with E-state index in [4.69, 9.17) is 5.11 Å². The third kappa shape index (κ3) is 2.25. The van der Waals surface area contributed by atoms with Crippen LogP contribution in [0.3, 0.4) is 0 Å². The fraction of sp³-hybridized carbons (Fsp3) is 0.556. The van der Waals surface area contributed by atoms with Crippen LogP contribution < -0.4 is 5.56 Å². The Morgan fingerprint density at radius 3 is 2.57 bits per heavy atom. The fourth-order valence-electron chi connectivity index (χ4n) is 1.37. The molecule has 5 nitrogen and oxygen atoms in total. The molecule has 0 aliphatic heterocycles. The summed E-state index contributed by atoms with van der Waals surface area (Å²) in [5.74, 6) is -0.696. The topological polar surface area (TPSA) is 86.0 Å². The third-order valence-electron chi connectivity index (χ3n) is 2.08. The Morgan fingerprint density at radius 1 is 1.43 bits per heavy atom. The largest absolute Gasteiger partial charge is 0.481 e. The molecule has 0 spiro atoms. The first-order valence-electron chi connectivity index (χ1n) is 4.53. The molecule has 0 fully saturated rings. The Balaban J connectivity index is 2.88. The van der Waals surface area contributed by atoms with Gasteiger partial charge in [-0.3, -0.25) is 14.7 Å². The van der Waals surface area contributed by atoms with E-state index in [0.29, 0.717) is 5.56 Å². The second-order valence-corrected chi connectivity index (χ2v) is 3.52. The minimum atomic E-state index is -0.889. The van der Waals surface area contributed by atoms with Gasteiger partial charge >= 0.3 is 5.97 Å². The van der Waals surface area contributed by atoms with Gasteiger partial charge < -0.3 is 10.2 Å². The maximum Gasteiger partial charge on any atom is 0.303 e. The lowest BCUT2D eigenvalue weighted by atomic mass is 10.0. The Kier molecular flexibility index (Phi) is 3.11. The molecular formula is C9H14N2O3. The molecule has 0 saturated heterocycles. The van der Waals surface area contributed by atoms with E-state index in [1.54, 1.807) is 0 Å². The molecular weight excluding hydrogens is 184 g/mol. The van der Waals surface area contributed by atoms with Gasteiger partial charge in [0.1, 0.15) is 0 Å². The number of carboxylic acid groups (broad SMARTS) is 1. The van der Waals surface area contributed by atoms with Gasteiger partial charge in [-0.05, 0) is 12.3 Å². The van der Waals surface area contributed by atoms with Gasteiger partial charge in [0.25, 0.3) is 5.56 Å². The second kappa shape index (κ2) is 4.13. The summed E-state index contributed by atoms with van der Waals surface area (Å²) in [4.78, 5) is 21.6. The summed E-state index contributed by atoms with van der Waals surface area (Å²) in [5.41, 5.74) is 1.15. The van der Waals surface area contributed by atoms with Crippen molar-refractivity contribution in [1.82, 2.24) is 10.2 Å². The number of rotatable bonds is 4. The summed E-state index contributed by atoms with van der Waals surface area (Å²) >= 11 is 0. The number of hydrogen-bond donors (Lipinski definition) is 3. The molecule has 14 heavy (non-hydrogen) atoms. The Morgan fingerprint density at radius 2 is 2.07 bits per heavy atom. The van der Waals surface area contributed by atoms with Gasteiger partial charge in [0.15, 0.2) is 0 Å². The van der Waals surface area contributed by atoms with Crippen molar-refractivity contribution in [3.63, 3.8) is 0 Å². The van der Waals surface area contributed by atoms with Crippen molar-refractivity contribution in [2.75, 3.05) is 0 Å². The second-order valence-electron chi connectivity index (χ2n) is 3.52. The van der Waals surface area contributed by atoms with Crippen molar-refractivity contribution in [2.45, 2.75) is 32.6 Å². The number of aliphatic carboxylic acids is 1. The molecule has 1 aromatic rings. The van der Waals surface area contributed by atoms with Crippen molar-refractivity contribution in [1.29, 1.82) is 0 Å². The van der Waals surface area contributed by atoms with Gasteiger partial charge in [-0.2, -0.15) is 0 Å². The average molecular weight is 198 g/mol. The summed E-state index contributed by atoms with van der Waals surface area (Å²) in [5, 5.41) is 13.7.